The molecule has 1 fully saturated rings. The molecule has 1 amide bonds. The van der Waals surface area contributed by atoms with Gasteiger partial charge in [0, 0.05) is 48.4 Å². The standard InChI is InChI=1S/C32H34N6O4S/c1-19-9-10-20(2)26(16-19)34-29(39)13-15-36-31(30(35-32(36)43)25-8-6-7-14-33-25)24-17-21(3)37(22(24)4)27-18-23(38(40)41)11-12-28(27)42-5/h6-12,14,16-18,30-31H,13,15H2,1-5H3,(H,34,39)(H,35,43). The summed E-state index contributed by atoms with van der Waals surface area (Å²) in [5, 5.41) is 18.6. The first-order valence-electron chi connectivity index (χ1n) is 14.0. The second-order valence-electron chi connectivity index (χ2n) is 10.7. The number of carbonyl (C=O) groups excluding carboxylic acids is 1. The maximum absolute atomic E-state index is 13.1. The number of anilines is 1. The Kier molecular flexibility index (Phi) is 8.45. The fourth-order valence-corrected chi connectivity index (χ4v) is 6.05. The Morgan fingerprint density at radius 1 is 1.12 bits per heavy atom. The number of nitro groups is 1. The number of amides is 1. The molecule has 43 heavy (non-hydrogen) atoms. The van der Waals surface area contributed by atoms with Crippen LogP contribution in [0.15, 0.2) is 66.9 Å². The third-order valence-electron chi connectivity index (χ3n) is 7.85. The molecule has 11 heteroatoms. The SMILES string of the molecule is COc1ccc([N+](=O)[O-])cc1-n1c(C)cc(C2C(c3ccccn3)NC(=S)N2CCC(=O)Nc2cc(C)ccc2C)c1C. The molecule has 0 saturated carbocycles. The van der Waals surface area contributed by atoms with E-state index in [4.69, 9.17) is 17.0 Å². The minimum atomic E-state index is -0.417. The molecule has 3 heterocycles. The van der Waals surface area contributed by atoms with Crippen molar-refractivity contribution in [1.29, 1.82) is 0 Å². The minimum absolute atomic E-state index is 0.0311. The predicted octanol–water partition coefficient (Wildman–Crippen LogP) is 6.02. The highest BCUT2D eigenvalue weighted by atomic mass is 32.1. The molecule has 2 N–H and O–H groups in total. The lowest BCUT2D eigenvalue weighted by molar-refractivity contribution is -0.384. The Labute approximate surface area is 255 Å². The zero-order chi connectivity index (χ0) is 30.8. The van der Waals surface area contributed by atoms with E-state index in [0.29, 0.717) is 23.1 Å². The van der Waals surface area contributed by atoms with Crippen molar-refractivity contribution in [2.75, 3.05) is 19.0 Å². The summed E-state index contributed by atoms with van der Waals surface area (Å²) >= 11 is 5.83. The van der Waals surface area contributed by atoms with Gasteiger partial charge in [-0.25, -0.2) is 0 Å². The Bertz CT molecular complexity index is 1700. The first-order valence-corrected chi connectivity index (χ1v) is 14.4. The van der Waals surface area contributed by atoms with Gasteiger partial charge in [0.05, 0.1) is 35.5 Å². The van der Waals surface area contributed by atoms with Crippen molar-refractivity contribution in [3.8, 4) is 11.4 Å². The number of rotatable bonds is 9. The summed E-state index contributed by atoms with van der Waals surface area (Å²) in [5.74, 6) is 0.406. The van der Waals surface area contributed by atoms with E-state index in [2.05, 4.69) is 21.7 Å². The van der Waals surface area contributed by atoms with Gasteiger partial charge in [-0.05, 0) is 86.9 Å². The van der Waals surface area contributed by atoms with Crippen molar-refractivity contribution in [3.05, 3.63) is 111 Å². The molecule has 10 nitrogen and oxygen atoms in total. The van der Waals surface area contributed by atoms with Crippen LogP contribution in [-0.2, 0) is 4.79 Å². The molecule has 1 aliphatic heterocycles. The van der Waals surface area contributed by atoms with Crippen LogP contribution < -0.4 is 15.4 Å². The van der Waals surface area contributed by atoms with E-state index in [-0.39, 0.29) is 30.1 Å². The number of nitro benzene ring substituents is 1. The summed E-state index contributed by atoms with van der Waals surface area (Å²) in [6.07, 6.45) is 1.97. The third kappa shape index (κ3) is 5.94. The number of hydrogen-bond donors (Lipinski definition) is 2. The van der Waals surface area contributed by atoms with Crippen molar-refractivity contribution >= 4 is 34.6 Å². The average molecular weight is 599 g/mol. The lowest BCUT2D eigenvalue weighted by Crippen LogP contribution is -2.33. The highest BCUT2D eigenvalue weighted by molar-refractivity contribution is 7.80. The maximum atomic E-state index is 13.1. The number of carbonyl (C=O) groups is 1. The lowest BCUT2D eigenvalue weighted by Gasteiger charge is -2.28. The molecule has 0 bridgehead atoms. The molecule has 2 atom stereocenters. The number of pyridine rings is 1. The van der Waals surface area contributed by atoms with Crippen LogP contribution in [0.2, 0.25) is 0 Å². The average Bonchev–Trinajstić information content (AvgIpc) is 3.47. The van der Waals surface area contributed by atoms with Crippen LogP contribution in [0.5, 0.6) is 5.75 Å². The molecule has 0 aliphatic carbocycles. The molecule has 2 aromatic carbocycles. The molecule has 1 saturated heterocycles. The van der Waals surface area contributed by atoms with E-state index in [1.54, 1.807) is 19.4 Å². The van der Waals surface area contributed by atoms with Crippen LogP contribution in [0.1, 0.15) is 52.3 Å². The number of methoxy groups -OCH3 is 1. The zero-order valence-corrected chi connectivity index (χ0v) is 25.6. The van der Waals surface area contributed by atoms with Crippen LogP contribution in [0, 0.1) is 37.8 Å². The predicted molar refractivity (Wildman–Crippen MR) is 170 cm³/mol. The highest BCUT2D eigenvalue weighted by Gasteiger charge is 2.41. The number of nitrogens with one attached hydrogen (secondary N) is 2. The summed E-state index contributed by atoms with van der Waals surface area (Å²) in [6, 6.07) is 17.8. The van der Waals surface area contributed by atoms with Crippen LogP contribution >= 0.6 is 12.2 Å². The second kappa shape index (κ2) is 12.2. The van der Waals surface area contributed by atoms with E-state index < -0.39 is 4.92 Å². The van der Waals surface area contributed by atoms with E-state index in [9.17, 15) is 14.9 Å². The van der Waals surface area contributed by atoms with E-state index in [0.717, 1.165) is 39.5 Å². The molecule has 5 rings (SSSR count). The molecule has 2 unspecified atom stereocenters. The minimum Gasteiger partial charge on any atom is -0.495 e. The van der Waals surface area contributed by atoms with Gasteiger partial charge in [-0.15, -0.1) is 0 Å². The number of aryl methyl sites for hydroxylation is 3. The van der Waals surface area contributed by atoms with Crippen molar-refractivity contribution in [2.45, 2.75) is 46.2 Å². The van der Waals surface area contributed by atoms with Gasteiger partial charge in [0.1, 0.15) is 5.75 Å². The van der Waals surface area contributed by atoms with Crippen LogP contribution in [0.4, 0.5) is 11.4 Å². The number of thiocarbonyl (C=S) groups is 1. The van der Waals surface area contributed by atoms with Crippen LogP contribution in [-0.4, -0.2) is 44.0 Å². The van der Waals surface area contributed by atoms with Crippen molar-refractivity contribution in [3.63, 3.8) is 0 Å². The summed E-state index contributed by atoms with van der Waals surface area (Å²) in [6.45, 7) is 8.26. The van der Waals surface area contributed by atoms with Gasteiger partial charge in [-0.2, -0.15) is 0 Å². The van der Waals surface area contributed by atoms with Gasteiger partial charge >= 0.3 is 0 Å². The molecular formula is C32H34N6O4S. The fourth-order valence-electron chi connectivity index (χ4n) is 5.71. The van der Waals surface area contributed by atoms with E-state index in [1.165, 1.54) is 12.1 Å². The van der Waals surface area contributed by atoms with Gasteiger partial charge in [0.2, 0.25) is 5.91 Å². The highest BCUT2D eigenvalue weighted by Crippen LogP contribution is 2.42. The quantitative estimate of drug-likeness (QED) is 0.137. The van der Waals surface area contributed by atoms with Crippen LogP contribution in [0.3, 0.4) is 0 Å². The molecule has 4 aromatic rings. The van der Waals surface area contributed by atoms with Gasteiger partial charge in [-0.3, -0.25) is 19.9 Å². The number of aromatic nitrogens is 2. The Morgan fingerprint density at radius 2 is 1.91 bits per heavy atom. The van der Waals surface area contributed by atoms with Gasteiger partial charge in [0.25, 0.3) is 5.69 Å². The van der Waals surface area contributed by atoms with Gasteiger partial charge < -0.3 is 24.8 Å². The Morgan fingerprint density at radius 3 is 2.60 bits per heavy atom. The first kappa shape index (κ1) is 29.7. The van der Waals surface area contributed by atoms with Gasteiger partial charge in [0.15, 0.2) is 5.11 Å². The van der Waals surface area contributed by atoms with Gasteiger partial charge in [-0.1, -0.05) is 18.2 Å². The molecule has 2 aromatic heterocycles. The zero-order valence-electron chi connectivity index (χ0n) is 24.7. The number of non-ortho nitro benzene ring substituents is 1. The number of nitrogens with zero attached hydrogens (tertiary/aromatic N) is 4. The molecule has 0 spiro atoms. The van der Waals surface area contributed by atoms with Crippen molar-refractivity contribution in [1.82, 2.24) is 19.8 Å². The summed E-state index contributed by atoms with van der Waals surface area (Å²) in [4.78, 5) is 31.0. The molecule has 222 valence electrons. The second-order valence-corrected chi connectivity index (χ2v) is 11.1. The topological polar surface area (TPSA) is 115 Å². The smallest absolute Gasteiger partial charge is 0.271 e. The maximum Gasteiger partial charge on any atom is 0.271 e. The Hall–Kier alpha value is -4.77. The number of benzene rings is 2. The summed E-state index contributed by atoms with van der Waals surface area (Å²) < 4.78 is 7.56. The van der Waals surface area contributed by atoms with Crippen LogP contribution in [0.25, 0.3) is 5.69 Å². The molecule has 0 radical (unpaired) electrons. The molecular weight excluding hydrogens is 564 g/mol. The monoisotopic (exact) mass is 598 g/mol. The van der Waals surface area contributed by atoms with Crippen molar-refractivity contribution in [2.24, 2.45) is 0 Å². The fraction of sp³-hybridized carbons (Fsp3) is 0.281. The van der Waals surface area contributed by atoms with Crippen molar-refractivity contribution < 1.29 is 14.5 Å². The third-order valence-corrected chi connectivity index (χ3v) is 8.20. The lowest BCUT2D eigenvalue weighted by atomic mass is 9.96. The first-order chi connectivity index (χ1) is 20.6. The summed E-state index contributed by atoms with van der Waals surface area (Å²) in [5.41, 5.74) is 6.92. The summed E-state index contributed by atoms with van der Waals surface area (Å²) in [7, 11) is 1.54. The molecule has 1 aliphatic rings. The Balaban J connectivity index is 1.52. The number of ether oxygens (including phenoxy) is 1. The largest absolute Gasteiger partial charge is 0.495 e. The van der Waals surface area contributed by atoms with E-state index >= 15 is 0 Å². The number of hydrogen-bond acceptors (Lipinski definition) is 6. The normalized spacial score (nSPS) is 16.2. The van der Waals surface area contributed by atoms with E-state index in [1.807, 2.05) is 73.6 Å².